The Morgan fingerprint density at radius 3 is 1.21 bits per heavy atom. The molecule has 0 saturated heterocycles. The molecule has 110 valence electrons. The van der Waals surface area contributed by atoms with Crippen molar-refractivity contribution in [1.29, 1.82) is 0 Å². The van der Waals surface area contributed by atoms with Crippen molar-refractivity contribution in [3.05, 3.63) is 66.5 Å². The summed E-state index contributed by atoms with van der Waals surface area (Å²) in [5, 5.41) is 0. The van der Waals surface area contributed by atoms with E-state index in [1.54, 1.807) is 0 Å². The minimum absolute atomic E-state index is 0. The van der Waals surface area contributed by atoms with Crippen LogP contribution in [0.2, 0.25) is 0 Å². The van der Waals surface area contributed by atoms with Crippen LogP contribution in [0.15, 0.2) is 66.5 Å². The second-order valence-corrected chi connectivity index (χ2v) is 4.35. The standard InChI is InChI=1S/3C6H8.No/c3*1-2-4-6-5-3-1;/h1,5H,2,4,6H2;1-2,5-6H,3-4H2;1-4H,5-6H2;. The SMILES string of the molecule is C1=CCC=CC1.C1=CCCC=C1.C1=CCCCC=1.[No]. The van der Waals surface area contributed by atoms with Crippen LogP contribution in [0, 0.1) is 0 Å². The van der Waals surface area contributed by atoms with Crippen molar-refractivity contribution < 1.29 is 0 Å². The molecule has 0 spiro atoms. The third-order valence-electron chi connectivity index (χ3n) is 2.69. The fraction of sp³-hybridized carbons (Fsp3) is 0.389. The average molecular weight is 499 g/mol. The second kappa shape index (κ2) is 13.5. The molecule has 3 rings (SSSR count). The van der Waals surface area contributed by atoms with E-state index in [9.17, 15) is 0 Å². The molecule has 0 amide bonds. The molecule has 19 heavy (non-hydrogen) atoms. The van der Waals surface area contributed by atoms with E-state index in [0.717, 1.165) is 12.8 Å². The molecule has 0 bridgehead atoms. The summed E-state index contributed by atoms with van der Waals surface area (Å²) in [5.74, 6) is 0. The van der Waals surface area contributed by atoms with Crippen LogP contribution in [0.3, 0.4) is 0 Å². The Hall–Kier alpha value is -2.52. The predicted octanol–water partition coefficient (Wildman–Crippen LogP) is 5.67. The predicted molar refractivity (Wildman–Crippen MR) is 81.5 cm³/mol. The van der Waals surface area contributed by atoms with Gasteiger partial charge in [-0.25, -0.2) is 0 Å². The Balaban J connectivity index is 0.000000249. The minimum Gasteiger partial charge on any atom is -0.130 e. The Morgan fingerprint density at radius 1 is 0.579 bits per heavy atom. The van der Waals surface area contributed by atoms with Gasteiger partial charge >= 0.3 is 0 Å². The van der Waals surface area contributed by atoms with Crippen molar-refractivity contribution in [2.75, 3.05) is 0 Å². The third kappa shape index (κ3) is 11.7. The maximum Gasteiger partial charge on any atom is 0 e. The maximum atomic E-state index is 3.03. The first-order valence-corrected chi connectivity index (χ1v) is 7.01. The first-order chi connectivity index (χ1) is 9.00. The van der Waals surface area contributed by atoms with E-state index in [1.807, 2.05) is 0 Å². The van der Waals surface area contributed by atoms with Crippen LogP contribution < -0.4 is 0 Å². The molecule has 0 atom stereocenters. The van der Waals surface area contributed by atoms with Gasteiger partial charge in [0.2, 0.25) is 0 Å². The topological polar surface area (TPSA) is 0 Å². The summed E-state index contributed by atoms with van der Waals surface area (Å²) in [6.07, 6.45) is 30.0. The summed E-state index contributed by atoms with van der Waals surface area (Å²) in [4.78, 5) is 0. The van der Waals surface area contributed by atoms with E-state index in [1.165, 1.54) is 32.1 Å². The average Bonchev–Trinajstić information content (AvgIpc) is 2.54. The molecular formula is C18H24No. The van der Waals surface area contributed by atoms with Crippen molar-refractivity contribution in [2.24, 2.45) is 0 Å². The van der Waals surface area contributed by atoms with Gasteiger partial charge in [-0.2, -0.15) is 0 Å². The molecule has 0 aliphatic heterocycles. The fourth-order valence-corrected chi connectivity index (χ4v) is 1.66. The molecule has 1 heteroatoms. The zero-order valence-corrected chi connectivity index (χ0v) is 13.7. The van der Waals surface area contributed by atoms with E-state index >= 15 is 0 Å². The second-order valence-electron chi connectivity index (χ2n) is 4.35. The van der Waals surface area contributed by atoms with Gasteiger partial charge in [0, 0.05) is 0 Å². The van der Waals surface area contributed by atoms with E-state index in [4.69, 9.17) is 0 Å². The number of rotatable bonds is 0. The Bertz CT molecular complexity index is 323. The summed E-state index contributed by atoms with van der Waals surface area (Å²) < 4.78 is 0. The first-order valence-electron chi connectivity index (χ1n) is 7.01. The number of hydrogen-bond donors (Lipinski definition) is 0. The van der Waals surface area contributed by atoms with Crippen molar-refractivity contribution in [3.8, 4) is 0 Å². The van der Waals surface area contributed by atoms with Gasteiger partial charge in [0.15, 0.2) is 0 Å². The normalized spacial score (nSPS) is 17.7. The Kier molecular flexibility index (Phi) is 11.7. The van der Waals surface area contributed by atoms with Crippen molar-refractivity contribution in [2.45, 2.75) is 44.9 Å². The molecule has 0 fully saturated rings. The largest absolute Gasteiger partial charge is 0.130 e. The third-order valence-corrected chi connectivity index (χ3v) is 2.69. The molecule has 3 aliphatic carbocycles. The van der Waals surface area contributed by atoms with Crippen molar-refractivity contribution in [1.82, 2.24) is 0 Å². The molecule has 0 heterocycles. The minimum atomic E-state index is 0. The van der Waals surface area contributed by atoms with E-state index in [2.05, 4.69) is 66.5 Å². The quantitative estimate of drug-likeness (QED) is 0.298. The number of hydrogen-bond acceptors (Lipinski definition) is 0. The first kappa shape index (κ1) is 16.5. The molecule has 0 aromatic carbocycles. The zero-order chi connectivity index (χ0) is 12.7. The van der Waals surface area contributed by atoms with E-state index in [-0.39, 0.29) is 0 Å². The van der Waals surface area contributed by atoms with E-state index in [0.29, 0.717) is 0 Å². The van der Waals surface area contributed by atoms with Gasteiger partial charge in [0.25, 0.3) is 0 Å². The molecule has 0 saturated carbocycles. The molecule has 0 nitrogen and oxygen atoms in total. The van der Waals surface area contributed by atoms with Crippen LogP contribution in [0.4, 0.5) is 0 Å². The van der Waals surface area contributed by atoms with Gasteiger partial charge in [-0.15, -0.1) is 5.73 Å². The Labute approximate surface area is 112 Å². The zero-order valence-electron chi connectivity index (χ0n) is 11.5. The Morgan fingerprint density at radius 2 is 1.05 bits per heavy atom. The van der Waals surface area contributed by atoms with Crippen LogP contribution in [0.1, 0.15) is 44.9 Å². The summed E-state index contributed by atoms with van der Waals surface area (Å²) in [5.41, 5.74) is 3.03. The fourth-order valence-electron chi connectivity index (χ4n) is 1.66. The molecule has 3 aliphatic rings. The smallest absolute Gasteiger partial charge is 0 e. The van der Waals surface area contributed by atoms with Gasteiger partial charge in [-0.1, -0.05) is 48.6 Å². The molecule has 0 unspecified atom stereocenters. The monoisotopic (exact) mass is 499 g/mol. The van der Waals surface area contributed by atoms with Crippen LogP contribution in [-0.4, -0.2) is 0 Å². The number of allylic oxidation sites excluding steroid dienone is 9. The van der Waals surface area contributed by atoms with Gasteiger partial charge in [0.1, 0.15) is 0 Å². The van der Waals surface area contributed by atoms with Gasteiger partial charge in [0.05, 0.1) is 0 Å². The van der Waals surface area contributed by atoms with Gasteiger partial charge in [-0.05, 0) is 57.1 Å². The molecular weight excluding hydrogens is 475 g/mol. The van der Waals surface area contributed by atoms with Gasteiger partial charge in [-0.3, -0.25) is 0 Å². The summed E-state index contributed by atoms with van der Waals surface area (Å²) in [6.45, 7) is 0. The summed E-state index contributed by atoms with van der Waals surface area (Å²) in [7, 11) is 0. The van der Waals surface area contributed by atoms with Gasteiger partial charge < -0.3 is 0 Å². The van der Waals surface area contributed by atoms with Crippen molar-refractivity contribution in [3.63, 3.8) is 0 Å². The van der Waals surface area contributed by atoms with Crippen LogP contribution >= 0.6 is 0 Å². The van der Waals surface area contributed by atoms with Crippen LogP contribution in [0.5, 0.6) is 0 Å². The maximum absolute atomic E-state index is 3.03. The molecule has 0 N–H and O–H groups in total. The molecule has 0 aromatic heterocycles. The van der Waals surface area contributed by atoms with E-state index < -0.39 is 0 Å². The van der Waals surface area contributed by atoms with Crippen LogP contribution in [-0.2, 0) is 0 Å². The summed E-state index contributed by atoms with van der Waals surface area (Å²) in [6, 6.07) is 0. The van der Waals surface area contributed by atoms with Crippen molar-refractivity contribution >= 4 is 0 Å². The van der Waals surface area contributed by atoms with Crippen LogP contribution in [0.25, 0.3) is 0 Å². The molecule has 0 aromatic rings. The molecule has 0 radical (unpaired) electrons. The summed E-state index contributed by atoms with van der Waals surface area (Å²) >= 11 is 0.